The molecule has 146 valence electrons. The fourth-order valence-electron chi connectivity index (χ4n) is 4.24. The maximum Gasteiger partial charge on any atom is 0.255 e. The third kappa shape index (κ3) is 4.71. The number of carbonyl (C=O) groups excluding carboxylic acids is 2. The van der Waals surface area contributed by atoms with Crippen LogP contribution in [0, 0.1) is 5.92 Å². The molecule has 0 bridgehead atoms. The van der Waals surface area contributed by atoms with E-state index in [-0.39, 0.29) is 17.9 Å². The zero-order chi connectivity index (χ0) is 19.2. The fourth-order valence-corrected chi connectivity index (χ4v) is 4.45. The standard InChI is InChI=1S/C21H28ClN3O2/c1-2-11-23-20(26)19(16-7-3-4-8-16)24-12-14-25(15-13-24)21(27)17-9-5-6-10-18(17)22/h2,5-6,9-10,16,19H,1,3-4,7-8,11-15H2,(H,23,26). The average molecular weight is 390 g/mol. The smallest absolute Gasteiger partial charge is 0.255 e. The molecule has 1 saturated heterocycles. The van der Waals surface area contributed by atoms with Gasteiger partial charge in [-0.05, 0) is 30.9 Å². The Balaban J connectivity index is 1.64. The molecule has 6 heteroatoms. The van der Waals surface area contributed by atoms with Crippen LogP contribution in [0.15, 0.2) is 36.9 Å². The van der Waals surface area contributed by atoms with E-state index in [4.69, 9.17) is 11.6 Å². The fraction of sp³-hybridized carbons (Fsp3) is 0.524. The van der Waals surface area contributed by atoms with Gasteiger partial charge >= 0.3 is 0 Å². The van der Waals surface area contributed by atoms with Crippen LogP contribution >= 0.6 is 11.6 Å². The topological polar surface area (TPSA) is 52.7 Å². The summed E-state index contributed by atoms with van der Waals surface area (Å²) in [6.45, 7) is 6.82. The van der Waals surface area contributed by atoms with Gasteiger partial charge in [0, 0.05) is 32.7 Å². The van der Waals surface area contributed by atoms with Crippen molar-refractivity contribution in [1.82, 2.24) is 15.1 Å². The highest BCUT2D eigenvalue weighted by Gasteiger charge is 2.37. The molecular weight excluding hydrogens is 362 g/mol. The van der Waals surface area contributed by atoms with Crippen LogP contribution in [0.25, 0.3) is 0 Å². The van der Waals surface area contributed by atoms with Gasteiger partial charge in [0.2, 0.25) is 5.91 Å². The first-order valence-corrected chi connectivity index (χ1v) is 10.2. The predicted octanol–water partition coefficient (Wildman–Crippen LogP) is 2.96. The lowest BCUT2D eigenvalue weighted by molar-refractivity contribution is -0.129. The van der Waals surface area contributed by atoms with Gasteiger partial charge in [0.05, 0.1) is 16.6 Å². The minimum absolute atomic E-state index is 0.0335. The number of rotatable bonds is 6. The van der Waals surface area contributed by atoms with Crippen LogP contribution in [0.4, 0.5) is 0 Å². The van der Waals surface area contributed by atoms with Gasteiger partial charge in [0.15, 0.2) is 0 Å². The first kappa shape index (κ1) is 19.9. The van der Waals surface area contributed by atoms with Crippen molar-refractivity contribution in [2.45, 2.75) is 31.7 Å². The number of benzene rings is 1. The highest BCUT2D eigenvalue weighted by Crippen LogP contribution is 2.31. The Kier molecular flexibility index (Phi) is 6.91. The van der Waals surface area contributed by atoms with E-state index in [1.807, 2.05) is 17.0 Å². The van der Waals surface area contributed by atoms with Crippen LogP contribution in [0.5, 0.6) is 0 Å². The van der Waals surface area contributed by atoms with Crippen molar-refractivity contribution in [3.63, 3.8) is 0 Å². The number of carbonyl (C=O) groups is 2. The molecule has 1 N–H and O–H groups in total. The summed E-state index contributed by atoms with van der Waals surface area (Å²) in [4.78, 5) is 29.6. The molecule has 2 aliphatic rings. The van der Waals surface area contributed by atoms with Crippen LogP contribution in [0.1, 0.15) is 36.0 Å². The number of hydrogen-bond acceptors (Lipinski definition) is 3. The van der Waals surface area contributed by atoms with Gasteiger partial charge in [0.25, 0.3) is 5.91 Å². The van der Waals surface area contributed by atoms with E-state index < -0.39 is 0 Å². The monoisotopic (exact) mass is 389 g/mol. The Labute approximate surface area is 166 Å². The number of hydrogen-bond donors (Lipinski definition) is 1. The van der Waals surface area contributed by atoms with Crippen molar-refractivity contribution in [3.8, 4) is 0 Å². The van der Waals surface area contributed by atoms with Gasteiger partial charge in [-0.15, -0.1) is 6.58 Å². The molecule has 5 nitrogen and oxygen atoms in total. The molecule has 3 rings (SSSR count). The number of amides is 2. The van der Waals surface area contributed by atoms with Crippen LogP contribution in [0.2, 0.25) is 5.02 Å². The number of nitrogens with one attached hydrogen (secondary N) is 1. The van der Waals surface area contributed by atoms with Crippen LogP contribution < -0.4 is 5.32 Å². The zero-order valence-corrected chi connectivity index (χ0v) is 16.5. The van der Waals surface area contributed by atoms with E-state index in [1.165, 1.54) is 12.8 Å². The second-order valence-electron chi connectivity index (χ2n) is 7.33. The molecule has 2 fully saturated rings. The summed E-state index contributed by atoms with van der Waals surface area (Å²) in [5.74, 6) is 0.460. The minimum Gasteiger partial charge on any atom is -0.351 e. The molecule has 0 spiro atoms. The van der Waals surface area contributed by atoms with Crippen LogP contribution in [0.3, 0.4) is 0 Å². The third-order valence-corrected chi connectivity index (χ3v) is 5.96. The Morgan fingerprint density at radius 2 is 1.85 bits per heavy atom. The summed E-state index contributed by atoms with van der Waals surface area (Å²) in [6, 6.07) is 7.05. The zero-order valence-electron chi connectivity index (χ0n) is 15.7. The Morgan fingerprint density at radius 1 is 1.19 bits per heavy atom. The molecule has 1 aliphatic heterocycles. The van der Waals surface area contributed by atoms with Crippen molar-refractivity contribution in [3.05, 3.63) is 47.5 Å². The summed E-state index contributed by atoms with van der Waals surface area (Å²) in [5, 5.41) is 3.46. The summed E-state index contributed by atoms with van der Waals surface area (Å²) >= 11 is 6.17. The Morgan fingerprint density at radius 3 is 2.48 bits per heavy atom. The quantitative estimate of drug-likeness (QED) is 0.761. The summed E-state index contributed by atoms with van der Waals surface area (Å²) < 4.78 is 0. The lowest BCUT2D eigenvalue weighted by atomic mass is 9.95. The summed E-state index contributed by atoms with van der Waals surface area (Å²) in [5.41, 5.74) is 0.545. The van der Waals surface area contributed by atoms with Gasteiger partial charge in [-0.25, -0.2) is 0 Å². The van der Waals surface area contributed by atoms with E-state index in [0.717, 1.165) is 12.8 Å². The van der Waals surface area contributed by atoms with E-state index >= 15 is 0 Å². The molecule has 1 aromatic carbocycles. The van der Waals surface area contributed by atoms with Crippen molar-refractivity contribution in [1.29, 1.82) is 0 Å². The molecular formula is C21H28ClN3O2. The molecule has 27 heavy (non-hydrogen) atoms. The van der Waals surface area contributed by atoms with Gasteiger partial charge in [-0.2, -0.15) is 0 Å². The average Bonchev–Trinajstić information content (AvgIpc) is 3.21. The number of piperazine rings is 1. The van der Waals surface area contributed by atoms with Gasteiger partial charge in [0.1, 0.15) is 0 Å². The third-order valence-electron chi connectivity index (χ3n) is 5.63. The molecule has 1 saturated carbocycles. The summed E-state index contributed by atoms with van der Waals surface area (Å²) in [6.07, 6.45) is 6.31. The van der Waals surface area contributed by atoms with Crippen molar-refractivity contribution in [2.24, 2.45) is 5.92 Å². The van der Waals surface area contributed by atoms with Gasteiger partial charge in [-0.3, -0.25) is 14.5 Å². The molecule has 1 heterocycles. The number of nitrogens with zero attached hydrogens (tertiary/aromatic N) is 2. The van der Waals surface area contributed by atoms with Gasteiger partial charge in [-0.1, -0.05) is 42.7 Å². The van der Waals surface area contributed by atoms with E-state index in [2.05, 4.69) is 16.8 Å². The van der Waals surface area contributed by atoms with E-state index in [9.17, 15) is 9.59 Å². The minimum atomic E-state index is -0.106. The lowest BCUT2D eigenvalue weighted by Gasteiger charge is -2.40. The highest BCUT2D eigenvalue weighted by molar-refractivity contribution is 6.33. The molecule has 2 amide bonds. The molecule has 1 aliphatic carbocycles. The van der Waals surface area contributed by atoms with Gasteiger partial charge < -0.3 is 10.2 Å². The van der Waals surface area contributed by atoms with Crippen molar-refractivity contribution >= 4 is 23.4 Å². The maximum absolute atomic E-state index is 12.8. The molecule has 1 aromatic rings. The molecule has 0 aromatic heterocycles. The molecule has 1 atom stereocenters. The lowest BCUT2D eigenvalue weighted by Crippen LogP contribution is -2.58. The summed E-state index contributed by atoms with van der Waals surface area (Å²) in [7, 11) is 0. The Hall–Kier alpha value is -1.85. The first-order chi connectivity index (χ1) is 13.1. The van der Waals surface area contributed by atoms with E-state index in [1.54, 1.807) is 18.2 Å². The second kappa shape index (κ2) is 9.38. The van der Waals surface area contributed by atoms with Crippen molar-refractivity contribution in [2.75, 3.05) is 32.7 Å². The maximum atomic E-state index is 12.8. The molecule has 0 radical (unpaired) electrons. The Bertz CT molecular complexity index is 680. The number of halogens is 1. The van der Waals surface area contributed by atoms with E-state index in [0.29, 0.717) is 49.2 Å². The normalized spacial score (nSPS) is 19.7. The van der Waals surface area contributed by atoms with Crippen molar-refractivity contribution < 1.29 is 9.59 Å². The predicted molar refractivity (Wildman–Crippen MR) is 108 cm³/mol. The SMILES string of the molecule is C=CCNC(=O)C(C1CCCC1)N1CCN(C(=O)c2ccccc2Cl)CC1. The van der Waals surface area contributed by atoms with Crippen LogP contribution in [-0.2, 0) is 4.79 Å². The first-order valence-electron chi connectivity index (χ1n) is 9.78. The molecule has 1 unspecified atom stereocenters. The van der Waals surface area contributed by atoms with Crippen LogP contribution in [-0.4, -0.2) is 60.4 Å². The largest absolute Gasteiger partial charge is 0.351 e. The second-order valence-corrected chi connectivity index (χ2v) is 7.74. The highest BCUT2D eigenvalue weighted by atomic mass is 35.5.